The first-order valence-corrected chi connectivity index (χ1v) is 9.69. The van der Waals surface area contributed by atoms with E-state index in [-0.39, 0.29) is 24.0 Å². The predicted molar refractivity (Wildman–Crippen MR) is 100 cm³/mol. The first-order valence-electron chi connectivity index (χ1n) is 9.69. The van der Waals surface area contributed by atoms with Gasteiger partial charge in [-0.3, -0.25) is 9.59 Å². The molecule has 0 aromatic heterocycles. The predicted octanol–water partition coefficient (Wildman–Crippen LogP) is 2.77. The van der Waals surface area contributed by atoms with Crippen molar-refractivity contribution in [1.82, 2.24) is 10.2 Å². The van der Waals surface area contributed by atoms with Crippen LogP contribution >= 0.6 is 0 Å². The van der Waals surface area contributed by atoms with Crippen LogP contribution in [0, 0.1) is 0 Å². The molecule has 1 aromatic rings. The standard InChI is InChI=1S/C21H26N2O4/c1-13-7-10-17(20(24)22-13)23-12-14-11-15(8-9-16(14)21(23)25)27-19-6-4-3-5-18(19)26-2/h8-9,11,17-19H,1,3-7,10,12H2,2H3,(H,22,24)/t17?,18-,19-/m1/s1. The Bertz CT molecular complexity index is 775. The molecule has 1 unspecified atom stereocenters. The summed E-state index contributed by atoms with van der Waals surface area (Å²) in [6, 6.07) is 5.17. The summed E-state index contributed by atoms with van der Waals surface area (Å²) < 4.78 is 11.8. The van der Waals surface area contributed by atoms with Crippen molar-refractivity contribution >= 4 is 11.8 Å². The van der Waals surface area contributed by atoms with E-state index in [1.54, 1.807) is 12.0 Å². The molecular formula is C21H26N2O4. The van der Waals surface area contributed by atoms with Gasteiger partial charge in [0.05, 0.1) is 6.10 Å². The molecule has 0 bridgehead atoms. The number of carbonyl (C=O) groups is 2. The highest BCUT2D eigenvalue weighted by Gasteiger charge is 2.38. The van der Waals surface area contributed by atoms with Gasteiger partial charge in [0.1, 0.15) is 17.9 Å². The first kappa shape index (κ1) is 18.0. The van der Waals surface area contributed by atoms with Crippen LogP contribution in [-0.2, 0) is 16.1 Å². The van der Waals surface area contributed by atoms with Crippen molar-refractivity contribution in [2.45, 2.75) is 63.3 Å². The zero-order valence-corrected chi connectivity index (χ0v) is 15.7. The minimum atomic E-state index is -0.434. The molecule has 2 amide bonds. The van der Waals surface area contributed by atoms with Gasteiger partial charge in [-0.25, -0.2) is 0 Å². The quantitative estimate of drug-likeness (QED) is 0.885. The molecule has 2 heterocycles. The van der Waals surface area contributed by atoms with Crippen LogP contribution in [0.5, 0.6) is 5.75 Å². The summed E-state index contributed by atoms with van der Waals surface area (Å²) >= 11 is 0. The highest BCUT2D eigenvalue weighted by Crippen LogP contribution is 2.32. The number of allylic oxidation sites excluding steroid dienone is 1. The number of carbonyl (C=O) groups excluding carboxylic acids is 2. The van der Waals surface area contributed by atoms with Crippen LogP contribution in [0.4, 0.5) is 0 Å². The van der Waals surface area contributed by atoms with E-state index in [0.717, 1.165) is 36.3 Å². The topological polar surface area (TPSA) is 67.9 Å². The van der Waals surface area contributed by atoms with Crippen LogP contribution in [-0.4, -0.2) is 42.1 Å². The third kappa shape index (κ3) is 3.46. The number of hydrogen-bond acceptors (Lipinski definition) is 4. The number of piperidine rings is 1. The first-order chi connectivity index (χ1) is 13.1. The lowest BCUT2D eigenvalue weighted by Gasteiger charge is -2.31. The van der Waals surface area contributed by atoms with E-state index in [9.17, 15) is 9.59 Å². The van der Waals surface area contributed by atoms with Crippen molar-refractivity contribution < 1.29 is 19.1 Å². The second kappa shape index (κ2) is 7.35. The highest BCUT2D eigenvalue weighted by atomic mass is 16.5. The Kier molecular flexibility index (Phi) is 4.91. The van der Waals surface area contributed by atoms with Gasteiger partial charge in [0.2, 0.25) is 5.91 Å². The molecule has 1 saturated heterocycles. The maximum atomic E-state index is 12.8. The molecule has 0 spiro atoms. The Morgan fingerprint density at radius 2 is 1.93 bits per heavy atom. The maximum absolute atomic E-state index is 12.8. The van der Waals surface area contributed by atoms with Crippen molar-refractivity contribution in [2.75, 3.05) is 7.11 Å². The van der Waals surface area contributed by atoms with Crippen LogP contribution < -0.4 is 10.1 Å². The molecule has 2 fully saturated rings. The molecule has 0 radical (unpaired) electrons. The summed E-state index contributed by atoms with van der Waals surface area (Å²) in [5, 5.41) is 2.76. The number of nitrogens with zero attached hydrogens (tertiary/aromatic N) is 1. The Labute approximate surface area is 159 Å². The second-order valence-electron chi connectivity index (χ2n) is 7.61. The molecule has 27 heavy (non-hydrogen) atoms. The Balaban J connectivity index is 1.49. The number of ether oxygens (including phenoxy) is 2. The van der Waals surface area contributed by atoms with Gasteiger partial charge in [-0.2, -0.15) is 0 Å². The maximum Gasteiger partial charge on any atom is 0.255 e. The third-order valence-electron chi connectivity index (χ3n) is 5.84. The lowest BCUT2D eigenvalue weighted by atomic mass is 9.94. The lowest BCUT2D eigenvalue weighted by molar-refractivity contribution is -0.126. The summed E-state index contributed by atoms with van der Waals surface area (Å²) in [4.78, 5) is 26.7. The van der Waals surface area contributed by atoms with Gasteiger partial charge in [-0.05, 0) is 55.9 Å². The number of amides is 2. The van der Waals surface area contributed by atoms with Gasteiger partial charge < -0.3 is 19.7 Å². The summed E-state index contributed by atoms with van der Waals surface area (Å²) in [5.41, 5.74) is 2.29. The summed E-state index contributed by atoms with van der Waals surface area (Å²) in [6.45, 7) is 4.24. The van der Waals surface area contributed by atoms with Crippen molar-refractivity contribution in [3.05, 3.63) is 41.6 Å². The smallest absolute Gasteiger partial charge is 0.255 e. The van der Waals surface area contributed by atoms with Crippen molar-refractivity contribution in [3.8, 4) is 5.75 Å². The lowest BCUT2D eigenvalue weighted by Crippen LogP contribution is -2.49. The van der Waals surface area contributed by atoms with Crippen molar-refractivity contribution in [1.29, 1.82) is 0 Å². The normalized spacial score (nSPS) is 28.1. The number of benzene rings is 1. The Morgan fingerprint density at radius 3 is 2.67 bits per heavy atom. The largest absolute Gasteiger partial charge is 0.488 e. The zero-order chi connectivity index (χ0) is 19.0. The molecule has 144 valence electrons. The van der Waals surface area contributed by atoms with Gasteiger partial charge >= 0.3 is 0 Å². The van der Waals surface area contributed by atoms with Gasteiger partial charge in [0, 0.05) is 24.9 Å². The van der Waals surface area contributed by atoms with Gasteiger partial charge in [0.15, 0.2) is 0 Å². The monoisotopic (exact) mass is 370 g/mol. The van der Waals surface area contributed by atoms with Gasteiger partial charge in [0.25, 0.3) is 5.91 Å². The van der Waals surface area contributed by atoms with Gasteiger partial charge in [-0.15, -0.1) is 0 Å². The summed E-state index contributed by atoms with van der Waals surface area (Å²) in [7, 11) is 1.73. The minimum Gasteiger partial charge on any atom is -0.488 e. The molecule has 6 nitrogen and oxygen atoms in total. The van der Waals surface area contributed by atoms with Crippen molar-refractivity contribution in [2.24, 2.45) is 0 Å². The number of rotatable bonds is 4. The van der Waals surface area contributed by atoms with Crippen LogP contribution in [0.15, 0.2) is 30.5 Å². The highest BCUT2D eigenvalue weighted by molar-refractivity contribution is 6.01. The Hall–Kier alpha value is -2.34. The van der Waals surface area contributed by atoms with Gasteiger partial charge in [-0.1, -0.05) is 13.0 Å². The van der Waals surface area contributed by atoms with E-state index in [1.165, 1.54) is 6.42 Å². The van der Waals surface area contributed by atoms with Crippen LogP contribution in [0.25, 0.3) is 0 Å². The van der Waals surface area contributed by atoms with E-state index in [1.807, 2.05) is 18.2 Å². The molecule has 3 atom stereocenters. The molecule has 2 aliphatic heterocycles. The molecule has 1 N–H and O–H groups in total. The fraction of sp³-hybridized carbons (Fsp3) is 0.524. The number of fused-ring (bicyclic) bond motifs is 1. The molecule has 3 aliphatic rings. The fourth-order valence-corrected chi connectivity index (χ4v) is 4.35. The van der Waals surface area contributed by atoms with E-state index in [0.29, 0.717) is 24.9 Å². The average Bonchev–Trinajstić information content (AvgIpc) is 2.98. The molecule has 1 saturated carbocycles. The summed E-state index contributed by atoms with van der Waals surface area (Å²) in [6.07, 6.45) is 5.78. The number of methoxy groups -OCH3 is 1. The minimum absolute atomic E-state index is 0.0464. The van der Waals surface area contributed by atoms with Crippen LogP contribution in [0.3, 0.4) is 0 Å². The van der Waals surface area contributed by atoms with E-state index in [4.69, 9.17) is 9.47 Å². The molecular weight excluding hydrogens is 344 g/mol. The molecule has 1 aliphatic carbocycles. The van der Waals surface area contributed by atoms with Crippen molar-refractivity contribution in [3.63, 3.8) is 0 Å². The number of hydrogen-bond donors (Lipinski definition) is 1. The second-order valence-corrected chi connectivity index (χ2v) is 7.61. The van der Waals surface area contributed by atoms with E-state index < -0.39 is 6.04 Å². The van der Waals surface area contributed by atoms with E-state index >= 15 is 0 Å². The van der Waals surface area contributed by atoms with E-state index in [2.05, 4.69) is 11.9 Å². The fourth-order valence-electron chi connectivity index (χ4n) is 4.35. The van der Waals surface area contributed by atoms with Crippen LogP contribution in [0.2, 0.25) is 0 Å². The molecule has 4 rings (SSSR count). The average molecular weight is 370 g/mol. The molecule has 1 aromatic carbocycles. The third-order valence-corrected chi connectivity index (χ3v) is 5.84. The molecule has 6 heteroatoms. The van der Waals surface area contributed by atoms with Crippen LogP contribution in [0.1, 0.15) is 54.4 Å². The number of nitrogens with one attached hydrogen (secondary N) is 1. The Morgan fingerprint density at radius 1 is 1.15 bits per heavy atom. The SMILES string of the molecule is C=C1CCC(N2Cc3cc(O[C@@H]4CCCC[C@H]4OC)ccc3C2=O)C(=O)N1. The summed E-state index contributed by atoms with van der Waals surface area (Å²) in [5.74, 6) is 0.532. The zero-order valence-electron chi connectivity index (χ0n) is 15.7.